The van der Waals surface area contributed by atoms with E-state index in [1.54, 1.807) is 26.4 Å². The van der Waals surface area contributed by atoms with Crippen molar-refractivity contribution in [2.45, 2.75) is 12.8 Å². The number of benzene rings is 1. The summed E-state index contributed by atoms with van der Waals surface area (Å²) in [4.78, 5) is 18.7. The van der Waals surface area contributed by atoms with E-state index in [0.29, 0.717) is 17.2 Å². The SMILES string of the molecule is COc1cc2ccc(C(=O)N3CCCC3)nc2cc1OC. The Morgan fingerprint density at radius 1 is 1.10 bits per heavy atom. The van der Waals surface area contributed by atoms with Gasteiger partial charge in [0, 0.05) is 24.5 Å². The Labute approximate surface area is 123 Å². The molecule has 0 radical (unpaired) electrons. The van der Waals surface area contributed by atoms with Crippen molar-refractivity contribution in [3.8, 4) is 11.5 Å². The minimum absolute atomic E-state index is 0.00387. The Morgan fingerprint density at radius 3 is 2.43 bits per heavy atom. The zero-order chi connectivity index (χ0) is 14.8. The number of pyridine rings is 1. The van der Waals surface area contributed by atoms with E-state index < -0.39 is 0 Å². The summed E-state index contributed by atoms with van der Waals surface area (Å²) in [6.45, 7) is 1.65. The van der Waals surface area contributed by atoms with Crippen LogP contribution in [0.2, 0.25) is 0 Å². The molecule has 1 saturated heterocycles. The molecule has 21 heavy (non-hydrogen) atoms. The second-order valence-electron chi connectivity index (χ2n) is 5.10. The van der Waals surface area contributed by atoms with Crippen molar-refractivity contribution in [3.05, 3.63) is 30.0 Å². The molecule has 2 heterocycles. The first-order valence-electron chi connectivity index (χ1n) is 7.05. The minimum Gasteiger partial charge on any atom is -0.493 e. The summed E-state index contributed by atoms with van der Waals surface area (Å²) in [7, 11) is 3.19. The molecular weight excluding hydrogens is 268 g/mol. The van der Waals surface area contributed by atoms with Gasteiger partial charge in [0.1, 0.15) is 5.69 Å². The van der Waals surface area contributed by atoms with Crippen LogP contribution in [0.25, 0.3) is 10.9 Å². The second-order valence-corrected chi connectivity index (χ2v) is 5.10. The zero-order valence-corrected chi connectivity index (χ0v) is 12.3. The molecule has 0 unspecified atom stereocenters. The van der Waals surface area contributed by atoms with E-state index in [2.05, 4.69) is 4.98 Å². The molecule has 1 aromatic heterocycles. The molecule has 1 amide bonds. The maximum absolute atomic E-state index is 12.4. The third-order valence-electron chi connectivity index (χ3n) is 3.81. The maximum Gasteiger partial charge on any atom is 0.272 e. The number of fused-ring (bicyclic) bond motifs is 1. The van der Waals surface area contributed by atoms with E-state index in [1.807, 2.05) is 17.0 Å². The normalized spacial score (nSPS) is 14.5. The summed E-state index contributed by atoms with van der Waals surface area (Å²) in [5, 5.41) is 0.922. The summed E-state index contributed by atoms with van der Waals surface area (Å²) in [6, 6.07) is 7.34. The highest BCUT2D eigenvalue weighted by Gasteiger charge is 2.20. The van der Waals surface area contributed by atoms with Crippen molar-refractivity contribution >= 4 is 16.8 Å². The Morgan fingerprint density at radius 2 is 1.76 bits per heavy atom. The molecule has 1 fully saturated rings. The van der Waals surface area contributed by atoms with Gasteiger partial charge in [-0.25, -0.2) is 4.98 Å². The fourth-order valence-electron chi connectivity index (χ4n) is 2.65. The Kier molecular flexibility index (Phi) is 3.64. The fraction of sp³-hybridized carbons (Fsp3) is 0.375. The second kappa shape index (κ2) is 5.60. The third-order valence-corrected chi connectivity index (χ3v) is 3.81. The highest BCUT2D eigenvalue weighted by molar-refractivity contribution is 5.95. The van der Waals surface area contributed by atoms with Gasteiger partial charge >= 0.3 is 0 Å². The number of aromatic nitrogens is 1. The number of carbonyl (C=O) groups excluding carboxylic acids is 1. The lowest BCUT2D eigenvalue weighted by Crippen LogP contribution is -2.28. The first-order chi connectivity index (χ1) is 10.2. The topological polar surface area (TPSA) is 51.7 Å². The molecule has 0 N–H and O–H groups in total. The van der Waals surface area contributed by atoms with E-state index in [-0.39, 0.29) is 5.91 Å². The van der Waals surface area contributed by atoms with Crippen LogP contribution in [0.3, 0.4) is 0 Å². The summed E-state index contributed by atoms with van der Waals surface area (Å²) in [5.74, 6) is 1.28. The van der Waals surface area contributed by atoms with Crippen LogP contribution >= 0.6 is 0 Å². The number of hydrogen-bond donors (Lipinski definition) is 0. The van der Waals surface area contributed by atoms with Crippen molar-refractivity contribution in [3.63, 3.8) is 0 Å². The van der Waals surface area contributed by atoms with Crippen LogP contribution in [-0.2, 0) is 0 Å². The highest BCUT2D eigenvalue weighted by Crippen LogP contribution is 2.31. The number of rotatable bonds is 3. The lowest BCUT2D eigenvalue weighted by atomic mass is 10.1. The average molecular weight is 286 g/mol. The minimum atomic E-state index is 0.00387. The molecule has 3 rings (SSSR count). The molecule has 1 aliphatic rings. The largest absolute Gasteiger partial charge is 0.493 e. The summed E-state index contributed by atoms with van der Waals surface area (Å²) in [6.07, 6.45) is 2.15. The molecule has 5 nitrogen and oxygen atoms in total. The molecule has 1 aliphatic heterocycles. The van der Waals surface area contributed by atoms with Crippen molar-refractivity contribution in [2.75, 3.05) is 27.3 Å². The van der Waals surface area contributed by atoms with Crippen LogP contribution in [0.5, 0.6) is 11.5 Å². The van der Waals surface area contributed by atoms with Gasteiger partial charge in [-0.2, -0.15) is 0 Å². The lowest BCUT2D eigenvalue weighted by Gasteiger charge is -2.15. The van der Waals surface area contributed by atoms with Gasteiger partial charge in [-0.3, -0.25) is 4.79 Å². The van der Waals surface area contributed by atoms with Crippen LogP contribution in [0, 0.1) is 0 Å². The fourth-order valence-corrected chi connectivity index (χ4v) is 2.65. The van der Waals surface area contributed by atoms with Crippen LogP contribution in [0.1, 0.15) is 23.3 Å². The molecule has 5 heteroatoms. The summed E-state index contributed by atoms with van der Waals surface area (Å²) < 4.78 is 10.6. The quantitative estimate of drug-likeness (QED) is 0.870. The number of carbonyl (C=O) groups is 1. The first-order valence-corrected chi connectivity index (χ1v) is 7.05. The van der Waals surface area contributed by atoms with E-state index in [9.17, 15) is 4.79 Å². The van der Waals surface area contributed by atoms with Gasteiger partial charge in [-0.15, -0.1) is 0 Å². The van der Waals surface area contributed by atoms with Crippen LogP contribution < -0.4 is 9.47 Å². The van der Waals surface area contributed by atoms with Crippen molar-refractivity contribution in [2.24, 2.45) is 0 Å². The molecule has 110 valence electrons. The number of likely N-dealkylation sites (tertiary alicyclic amines) is 1. The first kappa shape index (κ1) is 13.7. The molecular formula is C16H18N2O3. The van der Waals surface area contributed by atoms with Crippen LogP contribution in [-0.4, -0.2) is 43.1 Å². The standard InChI is InChI=1S/C16H18N2O3/c1-20-14-9-11-5-6-12(16(19)18-7-3-4-8-18)17-13(11)10-15(14)21-2/h5-6,9-10H,3-4,7-8H2,1-2H3. The molecule has 1 aromatic carbocycles. The van der Waals surface area contributed by atoms with Crippen molar-refractivity contribution in [1.82, 2.24) is 9.88 Å². The Bertz CT molecular complexity index is 679. The monoisotopic (exact) mass is 286 g/mol. The number of methoxy groups -OCH3 is 2. The Hall–Kier alpha value is -2.30. The summed E-state index contributed by atoms with van der Waals surface area (Å²) >= 11 is 0. The lowest BCUT2D eigenvalue weighted by molar-refractivity contribution is 0.0787. The van der Waals surface area contributed by atoms with Crippen molar-refractivity contribution < 1.29 is 14.3 Å². The Balaban J connectivity index is 2.00. The van der Waals surface area contributed by atoms with Gasteiger partial charge in [0.05, 0.1) is 19.7 Å². The number of hydrogen-bond acceptors (Lipinski definition) is 4. The maximum atomic E-state index is 12.4. The molecule has 0 spiro atoms. The third kappa shape index (κ3) is 2.51. The zero-order valence-electron chi connectivity index (χ0n) is 12.3. The predicted octanol–water partition coefficient (Wildman–Crippen LogP) is 2.49. The van der Waals surface area contributed by atoms with Crippen LogP contribution in [0.4, 0.5) is 0 Å². The van der Waals surface area contributed by atoms with Gasteiger partial charge < -0.3 is 14.4 Å². The number of nitrogens with zero attached hydrogens (tertiary/aromatic N) is 2. The summed E-state index contributed by atoms with van der Waals surface area (Å²) in [5.41, 5.74) is 1.22. The van der Waals surface area contributed by atoms with E-state index >= 15 is 0 Å². The molecule has 0 aliphatic carbocycles. The van der Waals surface area contributed by atoms with Gasteiger partial charge in [-0.05, 0) is 25.0 Å². The molecule has 0 atom stereocenters. The van der Waals surface area contributed by atoms with E-state index in [1.165, 1.54) is 0 Å². The number of ether oxygens (including phenoxy) is 2. The number of amides is 1. The van der Waals surface area contributed by atoms with Gasteiger partial charge in [-0.1, -0.05) is 6.07 Å². The van der Waals surface area contributed by atoms with Crippen molar-refractivity contribution in [1.29, 1.82) is 0 Å². The average Bonchev–Trinajstić information content (AvgIpc) is 3.06. The smallest absolute Gasteiger partial charge is 0.272 e. The predicted molar refractivity (Wildman–Crippen MR) is 80.0 cm³/mol. The molecule has 2 aromatic rings. The van der Waals surface area contributed by atoms with Gasteiger partial charge in [0.2, 0.25) is 0 Å². The van der Waals surface area contributed by atoms with Gasteiger partial charge in [0.15, 0.2) is 11.5 Å². The van der Waals surface area contributed by atoms with Crippen LogP contribution in [0.15, 0.2) is 24.3 Å². The molecule has 0 bridgehead atoms. The van der Waals surface area contributed by atoms with Gasteiger partial charge in [0.25, 0.3) is 5.91 Å². The van der Waals surface area contributed by atoms with E-state index in [4.69, 9.17) is 9.47 Å². The molecule has 0 saturated carbocycles. The van der Waals surface area contributed by atoms with E-state index in [0.717, 1.165) is 36.8 Å². The highest BCUT2D eigenvalue weighted by atomic mass is 16.5.